The van der Waals surface area contributed by atoms with Gasteiger partial charge in [0.2, 0.25) is 0 Å². The van der Waals surface area contributed by atoms with Gasteiger partial charge in [-0.15, -0.1) is 0 Å². The van der Waals surface area contributed by atoms with E-state index in [4.69, 9.17) is 11.6 Å². The summed E-state index contributed by atoms with van der Waals surface area (Å²) in [5.41, 5.74) is 0.723. The number of benzene rings is 1. The van der Waals surface area contributed by atoms with Crippen LogP contribution in [0.2, 0.25) is 5.02 Å². The Balaban J connectivity index is 2.73. The van der Waals surface area contributed by atoms with Gasteiger partial charge in [0.1, 0.15) is 5.82 Å². The van der Waals surface area contributed by atoms with Crippen molar-refractivity contribution in [2.24, 2.45) is 5.92 Å². The van der Waals surface area contributed by atoms with Gasteiger partial charge in [-0.05, 0) is 42.5 Å². The normalized spacial score (nSPS) is 12.8. The maximum atomic E-state index is 13.4. The molecule has 3 heteroatoms. The standard InChI is InChI=1S/C12H15BrClF/c1-2-3-9(8-13)6-10-7-11(14)4-5-12(10)15/h4-5,7,9H,2-3,6,8H2,1H3. The zero-order valence-electron chi connectivity index (χ0n) is 8.77. The summed E-state index contributed by atoms with van der Waals surface area (Å²) in [4.78, 5) is 0. The average Bonchev–Trinajstić information content (AvgIpc) is 2.22. The number of hydrogen-bond acceptors (Lipinski definition) is 0. The summed E-state index contributed by atoms with van der Waals surface area (Å²) >= 11 is 9.30. The molecule has 0 aliphatic carbocycles. The lowest BCUT2D eigenvalue weighted by Crippen LogP contribution is -2.07. The van der Waals surface area contributed by atoms with Crippen LogP contribution in [0.1, 0.15) is 25.3 Å². The molecule has 0 N–H and O–H groups in total. The molecule has 0 aliphatic rings. The van der Waals surface area contributed by atoms with Gasteiger partial charge < -0.3 is 0 Å². The van der Waals surface area contributed by atoms with Crippen molar-refractivity contribution in [3.63, 3.8) is 0 Å². The Bertz CT molecular complexity index is 314. The molecule has 0 aliphatic heterocycles. The molecule has 0 amide bonds. The van der Waals surface area contributed by atoms with Gasteiger partial charge in [-0.2, -0.15) is 0 Å². The minimum Gasteiger partial charge on any atom is -0.207 e. The van der Waals surface area contributed by atoms with Crippen molar-refractivity contribution in [3.05, 3.63) is 34.6 Å². The molecule has 1 aromatic carbocycles. The van der Waals surface area contributed by atoms with Gasteiger partial charge in [-0.1, -0.05) is 40.9 Å². The maximum Gasteiger partial charge on any atom is 0.126 e. The third-order valence-corrected chi connectivity index (χ3v) is 3.58. The predicted molar refractivity (Wildman–Crippen MR) is 67.3 cm³/mol. The van der Waals surface area contributed by atoms with Crippen LogP contribution < -0.4 is 0 Å². The molecule has 1 unspecified atom stereocenters. The molecule has 1 atom stereocenters. The van der Waals surface area contributed by atoms with E-state index in [2.05, 4.69) is 22.9 Å². The monoisotopic (exact) mass is 292 g/mol. The van der Waals surface area contributed by atoms with Gasteiger partial charge in [0, 0.05) is 10.4 Å². The van der Waals surface area contributed by atoms with E-state index in [1.807, 2.05) is 0 Å². The molecule has 0 radical (unpaired) electrons. The van der Waals surface area contributed by atoms with E-state index in [1.165, 1.54) is 6.07 Å². The molecule has 84 valence electrons. The van der Waals surface area contributed by atoms with Crippen LogP contribution in [0.5, 0.6) is 0 Å². The van der Waals surface area contributed by atoms with E-state index in [0.29, 0.717) is 10.9 Å². The molecule has 1 rings (SSSR count). The van der Waals surface area contributed by atoms with Gasteiger partial charge in [0.15, 0.2) is 0 Å². The van der Waals surface area contributed by atoms with Crippen molar-refractivity contribution < 1.29 is 4.39 Å². The van der Waals surface area contributed by atoms with Crippen LogP contribution in [0.15, 0.2) is 18.2 Å². The van der Waals surface area contributed by atoms with Crippen molar-refractivity contribution in [1.82, 2.24) is 0 Å². The van der Waals surface area contributed by atoms with Crippen LogP contribution in [0.3, 0.4) is 0 Å². The van der Waals surface area contributed by atoms with E-state index < -0.39 is 0 Å². The Hall–Kier alpha value is -0.0800. The van der Waals surface area contributed by atoms with Crippen LogP contribution in [0.4, 0.5) is 4.39 Å². The highest BCUT2D eigenvalue weighted by Crippen LogP contribution is 2.21. The number of alkyl halides is 1. The van der Waals surface area contributed by atoms with E-state index in [9.17, 15) is 4.39 Å². The Morgan fingerprint density at radius 1 is 1.47 bits per heavy atom. The first-order valence-electron chi connectivity index (χ1n) is 5.17. The lowest BCUT2D eigenvalue weighted by molar-refractivity contribution is 0.514. The van der Waals surface area contributed by atoms with Gasteiger partial charge in [0.25, 0.3) is 0 Å². The fraction of sp³-hybridized carbons (Fsp3) is 0.500. The second-order valence-corrected chi connectivity index (χ2v) is 4.83. The predicted octanol–water partition coefficient (Wildman–Crippen LogP) is 4.83. The van der Waals surface area contributed by atoms with Crippen LogP contribution in [0, 0.1) is 11.7 Å². The SMILES string of the molecule is CCCC(CBr)Cc1cc(Cl)ccc1F. The van der Waals surface area contributed by atoms with Crippen molar-refractivity contribution in [3.8, 4) is 0 Å². The first-order valence-corrected chi connectivity index (χ1v) is 6.67. The van der Waals surface area contributed by atoms with E-state index in [0.717, 1.165) is 30.2 Å². The van der Waals surface area contributed by atoms with Crippen molar-refractivity contribution in [2.45, 2.75) is 26.2 Å². The van der Waals surface area contributed by atoms with Crippen molar-refractivity contribution in [1.29, 1.82) is 0 Å². The fourth-order valence-corrected chi connectivity index (χ4v) is 2.40. The third-order valence-electron chi connectivity index (χ3n) is 2.43. The summed E-state index contributed by atoms with van der Waals surface area (Å²) < 4.78 is 13.4. The van der Waals surface area contributed by atoms with E-state index in [-0.39, 0.29) is 5.82 Å². The van der Waals surface area contributed by atoms with E-state index >= 15 is 0 Å². The summed E-state index contributed by atoms with van der Waals surface area (Å²) in [5.74, 6) is 0.337. The van der Waals surface area contributed by atoms with Crippen LogP contribution in [-0.4, -0.2) is 5.33 Å². The maximum absolute atomic E-state index is 13.4. The molecule has 0 saturated carbocycles. The Kier molecular flexibility index (Phi) is 5.62. The Morgan fingerprint density at radius 2 is 2.20 bits per heavy atom. The lowest BCUT2D eigenvalue weighted by Gasteiger charge is -2.13. The number of rotatable bonds is 5. The van der Waals surface area contributed by atoms with E-state index in [1.54, 1.807) is 12.1 Å². The molecule has 0 heterocycles. The molecule has 0 spiro atoms. The van der Waals surface area contributed by atoms with Crippen LogP contribution >= 0.6 is 27.5 Å². The Morgan fingerprint density at radius 3 is 2.80 bits per heavy atom. The summed E-state index contributed by atoms with van der Waals surface area (Å²) in [5, 5.41) is 1.52. The summed E-state index contributed by atoms with van der Waals surface area (Å²) in [7, 11) is 0. The Labute approximate surface area is 104 Å². The van der Waals surface area contributed by atoms with Crippen LogP contribution in [-0.2, 0) is 6.42 Å². The quantitative estimate of drug-likeness (QED) is 0.682. The summed E-state index contributed by atoms with van der Waals surface area (Å²) in [6.07, 6.45) is 2.99. The third kappa shape index (κ3) is 4.12. The minimum absolute atomic E-state index is 0.151. The second-order valence-electron chi connectivity index (χ2n) is 3.75. The molecule has 0 nitrogen and oxygen atoms in total. The first kappa shape index (κ1) is 13.0. The van der Waals surface area contributed by atoms with Gasteiger partial charge in [-0.3, -0.25) is 0 Å². The summed E-state index contributed by atoms with van der Waals surface area (Å²) in [6.45, 7) is 2.14. The highest BCUT2D eigenvalue weighted by molar-refractivity contribution is 9.09. The van der Waals surface area contributed by atoms with Gasteiger partial charge in [-0.25, -0.2) is 4.39 Å². The smallest absolute Gasteiger partial charge is 0.126 e. The molecule has 1 aromatic rings. The molecule has 0 saturated heterocycles. The lowest BCUT2D eigenvalue weighted by atomic mass is 9.97. The molecule has 0 bridgehead atoms. The molecule has 15 heavy (non-hydrogen) atoms. The first-order chi connectivity index (χ1) is 7.17. The largest absolute Gasteiger partial charge is 0.207 e. The van der Waals surface area contributed by atoms with Gasteiger partial charge in [0.05, 0.1) is 0 Å². The van der Waals surface area contributed by atoms with Crippen molar-refractivity contribution >= 4 is 27.5 Å². The summed E-state index contributed by atoms with van der Waals surface area (Å²) in [6, 6.07) is 4.75. The zero-order chi connectivity index (χ0) is 11.3. The van der Waals surface area contributed by atoms with Crippen LogP contribution in [0.25, 0.3) is 0 Å². The highest BCUT2D eigenvalue weighted by Gasteiger charge is 2.10. The number of hydrogen-bond donors (Lipinski definition) is 0. The minimum atomic E-state index is -0.151. The van der Waals surface area contributed by atoms with Gasteiger partial charge >= 0.3 is 0 Å². The second kappa shape index (κ2) is 6.49. The van der Waals surface area contributed by atoms with Crippen molar-refractivity contribution in [2.75, 3.05) is 5.33 Å². The number of halogens is 3. The fourth-order valence-electron chi connectivity index (χ4n) is 1.65. The molecule has 0 aromatic heterocycles. The molecular weight excluding hydrogens is 278 g/mol. The topological polar surface area (TPSA) is 0 Å². The zero-order valence-corrected chi connectivity index (χ0v) is 11.1. The average molecular weight is 294 g/mol. The highest BCUT2D eigenvalue weighted by atomic mass is 79.9. The molecule has 0 fully saturated rings. The molecular formula is C12H15BrClF.